The van der Waals surface area contributed by atoms with E-state index in [1.807, 2.05) is 30.3 Å². The number of para-hydroxylation sites is 1. The molecular formula is C23H27N3O5. The molecule has 8 nitrogen and oxygen atoms in total. The zero-order valence-corrected chi connectivity index (χ0v) is 18.0. The summed E-state index contributed by atoms with van der Waals surface area (Å²) >= 11 is 0. The molecule has 0 bridgehead atoms. The molecule has 0 aliphatic carbocycles. The molecule has 31 heavy (non-hydrogen) atoms. The molecule has 0 saturated carbocycles. The maximum Gasteiger partial charge on any atom is 0.241 e. The number of rotatable bonds is 6. The average molecular weight is 425 g/mol. The molecule has 0 unspecified atom stereocenters. The van der Waals surface area contributed by atoms with Crippen LogP contribution < -0.4 is 10.1 Å². The number of anilines is 1. The molecule has 0 radical (unpaired) electrons. The fourth-order valence-corrected chi connectivity index (χ4v) is 3.72. The Labute approximate surface area is 180 Å². The van der Waals surface area contributed by atoms with Crippen LogP contribution in [-0.2, 0) is 14.3 Å². The van der Waals surface area contributed by atoms with E-state index in [1.165, 1.54) is 0 Å². The summed E-state index contributed by atoms with van der Waals surface area (Å²) in [6, 6.07) is 10.9. The molecule has 1 atom stereocenters. The first-order valence-electron chi connectivity index (χ1n) is 10.3. The number of ether oxygens (including phenoxy) is 2. The summed E-state index contributed by atoms with van der Waals surface area (Å²) in [4.78, 5) is 28.9. The standard InChI is InChI=1S/C23H27N3O5/c1-15(25(2)14-22(27)26-8-10-30-11-9-26)23(28)24-18-13-20-17(12-21(18)29-3)16-6-4-5-7-19(16)31-20/h4-7,12-13,15H,8-11,14H2,1-3H3,(H,24,28)/t15-/m1/s1. The topological polar surface area (TPSA) is 84.2 Å². The number of methoxy groups -OCH3 is 1. The molecule has 1 aliphatic heterocycles. The van der Waals surface area contributed by atoms with Gasteiger partial charge in [-0.2, -0.15) is 0 Å². The van der Waals surface area contributed by atoms with Crippen molar-refractivity contribution in [2.24, 2.45) is 0 Å². The molecule has 0 spiro atoms. The van der Waals surface area contributed by atoms with Crippen molar-refractivity contribution in [1.82, 2.24) is 9.80 Å². The van der Waals surface area contributed by atoms with Gasteiger partial charge < -0.3 is 24.1 Å². The summed E-state index contributed by atoms with van der Waals surface area (Å²) in [5.74, 6) is 0.310. The quantitative estimate of drug-likeness (QED) is 0.654. The fraction of sp³-hybridized carbons (Fsp3) is 0.391. The van der Waals surface area contributed by atoms with Gasteiger partial charge in [-0.25, -0.2) is 0 Å². The predicted octanol–water partition coefficient (Wildman–Crippen LogP) is 2.71. The lowest BCUT2D eigenvalue weighted by Gasteiger charge is -2.30. The maximum absolute atomic E-state index is 12.9. The fourth-order valence-electron chi connectivity index (χ4n) is 3.72. The molecule has 3 aromatic rings. The number of carbonyl (C=O) groups is 2. The van der Waals surface area contributed by atoms with Crippen molar-refractivity contribution in [2.75, 3.05) is 52.3 Å². The summed E-state index contributed by atoms with van der Waals surface area (Å²) in [6.45, 7) is 4.21. The van der Waals surface area contributed by atoms with Crippen LogP contribution >= 0.6 is 0 Å². The SMILES string of the molecule is COc1cc2c(cc1NC(=O)[C@@H](C)N(C)CC(=O)N1CCOCC1)oc1ccccc12. The third-order valence-electron chi connectivity index (χ3n) is 5.75. The molecule has 8 heteroatoms. The molecule has 1 N–H and O–H groups in total. The van der Waals surface area contributed by atoms with Crippen LogP contribution in [0.15, 0.2) is 40.8 Å². The van der Waals surface area contributed by atoms with Gasteiger partial charge in [0, 0.05) is 29.9 Å². The first-order valence-corrected chi connectivity index (χ1v) is 10.3. The van der Waals surface area contributed by atoms with E-state index in [9.17, 15) is 9.59 Å². The molecule has 2 heterocycles. The lowest BCUT2D eigenvalue weighted by atomic mass is 10.1. The summed E-state index contributed by atoms with van der Waals surface area (Å²) in [5.41, 5.74) is 1.97. The van der Waals surface area contributed by atoms with E-state index >= 15 is 0 Å². The van der Waals surface area contributed by atoms with Gasteiger partial charge in [-0.3, -0.25) is 14.5 Å². The molecule has 164 valence electrons. The van der Waals surface area contributed by atoms with E-state index < -0.39 is 6.04 Å². The van der Waals surface area contributed by atoms with E-state index in [0.717, 1.165) is 16.4 Å². The highest BCUT2D eigenvalue weighted by Gasteiger charge is 2.25. The number of amides is 2. The van der Waals surface area contributed by atoms with Crippen LogP contribution in [0.5, 0.6) is 5.75 Å². The molecule has 1 aromatic heterocycles. The molecule has 1 aliphatic rings. The Balaban J connectivity index is 1.48. The number of furan rings is 1. The van der Waals surface area contributed by atoms with Gasteiger partial charge in [-0.15, -0.1) is 0 Å². The highest BCUT2D eigenvalue weighted by atomic mass is 16.5. The van der Waals surface area contributed by atoms with Crippen LogP contribution in [0.1, 0.15) is 6.92 Å². The van der Waals surface area contributed by atoms with Gasteiger partial charge in [-0.05, 0) is 26.1 Å². The molecule has 1 saturated heterocycles. The third kappa shape index (κ3) is 4.35. The highest BCUT2D eigenvalue weighted by Crippen LogP contribution is 2.36. The van der Waals surface area contributed by atoms with E-state index in [0.29, 0.717) is 43.3 Å². The van der Waals surface area contributed by atoms with Gasteiger partial charge in [0.25, 0.3) is 0 Å². The van der Waals surface area contributed by atoms with Crippen LogP contribution in [0.3, 0.4) is 0 Å². The molecule has 2 aromatic carbocycles. The van der Waals surface area contributed by atoms with E-state index in [4.69, 9.17) is 13.9 Å². The maximum atomic E-state index is 12.9. The second-order valence-electron chi connectivity index (χ2n) is 7.72. The molecule has 4 rings (SSSR count). The number of carbonyl (C=O) groups excluding carboxylic acids is 2. The zero-order chi connectivity index (χ0) is 22.0. The van der Waals surface area contributed by atoms with Crippen molar-refractivity contribution < 1.29 is 23.5 Å². The van der Waals surface area contributed by atoms with E-state index in [2.05, 4.69) is 5.32 Å². The van der Waals surface area contributed by atoms with Crippen LogP contribution in [0.2, 0.25) is 0 Å². The van der Waals surface area contributed by atoms with Gasteiger partial charge in [0.05, 0.1) is 38.6 Å². The Morgan fingerprint density at radius 3 is 2.65 bits per heavy atom. The third-order valence-corrected chi connectivity index (χ3v) is 5.75. The van der Waals surface area contributed by atoms with Crippen LogP contribution in [-0.4, -0.2) is 74.7 Å². The minimum absolute atomic E-state index is 0.00766. The summed E-state index contributed by atoms with van der Waals surface area (Å²) in [6.07, 6.45) is 0. The number of fused-ring (bicyclic) bond motifs is 3. The summed E-state index contributed by atoms with van der Waals surface area (Å²) in [7, 11) is 3.33. The zero-order valence-electron chi connectivity index (χ0n) is 18.0. The number of nitrogens with one attached hydrogen (secondary N) is 1. The minimum atomic E-state index is -0.513. The minimum Gasteiger partial charge on any atom is -0.495 e. The second kappa shape index (κ2) is 8.95. The normalized spacial score (nSPS) is 15.4. The lowest BCUT2D eigenvalue weighted by molar-refractivity contribution is -0.137. The van der Waals surface area contributed by atoms with Gasteiger partial charge in [0.15, 0.2) is 0 Å². The Hall–Kier alpha value is -3.10. The highest BCUT2D eigenvalue weighted by molar-refractivity contribution is 6.08. The van der Waals surface area contributed by atoms with Crippen LogP contribution in [0.25, 0.3) is 21.9 Å². The average Bonchev–Trinajstić information content (AvgIpc) is 3.15. The number of morpholine rings is 1. The van der Waals surface area contributed by atoms with Crippen molar-refractivity contribution in [1.29, 1.82) is 0 Å². The molecule has 1 fully saturated rings. The molecule has 2 amide bonds. The smallest absolute Gasteiger partial charge is 0.241 e. The second-order valence-corrected chi connectivity index (χ2v) is 7.72. The van der Waals surface area contributed by atoms with Gasteiger partial charge in [0.1, 0.15) is 16.9 Å². The van der Waals surface area contributed by atoms with Crippen LogP contribution in [0, 0.1) is 0 Å². The van der Waals surface area contributed by atoms with Crippen molar-refractivity contribution in [2.45, 2.75) is 13.0 Å². The number of hydrogen-bond acceptors (Lipinski definition) is 6. The Morgan fingerprint density at radius 1 is 1.16 bits per heavy atom. The number of likely N-dealkylation sites (N-methyl/N-ethyl adjacent to an activating group) is 1. The largest absolute Gasteiger partial charge is 0.495 e. The van der Waals surface area contributed by atoms with E-state index in [1.54, 1.807) is 36.9 Å². The Morgan fingerprint density at radius 2 is 1.90 bits per heavy atom. The van der Waals surface area contributed by atoms with Crippen LogP contribution in [0.4, 0.5) is 5.69 Å². The number of hydrogen-bond donors (Lipinski definition) is 1. The number of nitrogens with zero attached hydrogens (tertiary/aromatic N) is 2. The van der Waals surface area contributed by atoms with Crippen molar-refractivity contribution in [3.05, 3.63) is 36.4 Å². The van der Waals surface area contributed by atoms with Gasteiger partial charge in [-0.1, -0.05) is 18.2 Å². The van der Waals surface area contributed by atoms with Crippen molar-refractivity contribution >= 4 is 39.4 Å². The predicted molar refractivity (Wildman–Crippen MR) is 118 cm³/mol. The number of benzene rings is 2. The first kappa shape index (κ1) is 21.1. The monoisotopic (exact) mass is 425 g/mol. The van der Waals surface area contributed by atoms with Crippen molar-refractivity contribution in [3.63, 3.8) is 0 Å². The first-order chi connectivity index (χ1) is 15.0. The summed E-state index contributed by atoms with van der Waals surface area (Å²) in [5, 5.41) is 4.83. The Kier molecular flexibility index (Phi) is 6.11. The molecular weight excluding hydrogens is 398 g/mol. The Bertz CT molecular complexity index is 1100. The lowest BCUT2D eigenvalue weighted by Crippen LogP contribution is -2.48. The van der Waals surface area contributed by atoms with E-state index in [-0.39, 0.29) is 18.4 Å². The summed E-state index contributed by atoms with van der Waals surface area (Å²) < 4.78 is 16.7. The van der Waals surface area contributed by atoms with Gasteiger partial charge in [0.2, 0.25) is 11.8 Å². The van der Waals surface area contributed by atoms with Gasteiger partial charge >= 0.3 is 0 Å². The van der Waals surface area contributed by atoms with Crippen molar-refractivity contribution in [3.8, 4) is 5.75 Å².